The minimum atomic E-state index is 0.00708. The molecular weight excluding hydrogens is 568 g/mol. The first-order chi connectivity index (χ1) is 22.7. The van der Waals surface area contributed by atoms with Crippen molar-refractivity contribution in [3.63, 3.8) is 0 Å². The number of benzene rings is 4. The monoisotopic (exact) mass is 626 g/mol. The lowest BCUT2D eigenvalue weighted by molar-refractivity contribution is 0.282. The molecule has 0 spiro atoms. The second-order valence-electron chi connectivity index (χ2n) is 13.0. The molecule has 0 radical (unpaired) electrons. The molecule has 0 saturated heterocycles. The van der Waals surface area contributed by atoms with Crippen LogP contribution in [0.3, 0.4) is 0 Å². The van der Waals surface area contributed by atoms with Gasteiger partial charge in [-0.15, -0.1) is 0 Å². The van der Waals surface area contributed by atoms with E-state index < -0.39 is 0 Å². The number of fused-ring (bicyclic) bond motifs is 2. The Morgan fingerprint density at radius 3 is 1.17 bits per heavy atom. The third-order valence-electron chi connectivity index (χ3n) is 9.22. The number of rotatable bonds is 23. The Morgan fingerprint density at radius 1 is 0.435 bits per heavy atom. The van der Waals surface area contributed by atoms with E-state index in [1.54, 1.807) is 0 Å². The van der Waals surface area contributed by atoms with Crippen LogP contribution in [0.1, 0.15) is 128 Å². The van der Waals surface area contributed by atoms with Crippen molar-refractivity contribution in [3.05, 3.63) is 71.8 Å². The Balaban J connectivity index is 1.61. The highest BCUT2D eigenvalue weighted by Crippen LogP contribution is 2.46. The quantitative estimate of drug-likeness (QED) is 0.0804. The van der Waals surface area contributed by atoms with Crippen LogP contribution in [0.15, 0.2) is 60.7 Å². The van der Waals surface area contributed by atoms with Crippen LogP contribution < -0.4 is 9.47 Å². The van der Waals surface area contributed by atoms with Gasteiger partial charge in [-0.05, 0) is 69.8 Å². The fraction of sp³-hybridized carbons (Fsp3) is 0.524. The van der Waals surface area contributed by atoms with Gasteiger partial charge in [-0.3, -0.25) is 0 Å². The van der Waals surface area contributed by atoms with Crippen LogP contribution in [0.25, 0.3) is 32.7 Å². The summed E-state index contributed by atoms with van der Waals surface area (Å²) in [7, 11) is 0. The molecule has 0 aliphatic heterocycles. The third kappa shape index (κ3) is 10.5. The van der Waals surface area contributed by atoms with E-state index in [1.165, 1.54) is 89.9 Å². The van der Waals surface area contributed by atoms with Gasteiger partial charge in [0.05, 0.1) is 26.4 Å². The highest BCUT2D eigenvalue weighted by atomic mass is 16.5. The average molecular weight is 627 g/mol. The molecule has 2 N–H and O–H groups in total. The Hall–Kier alpha value is -3.08. The average Bonchev–Trinajstić information content (AvgIpc) is 3.09. The Labute approximate surface area is 278 Å². The fourth-order valence-electron chi connectivity index (χ4n) is 6.51. The van der Waals surface area contributed by atoms with Crippen molar-refractivity contribution in [1.29, 1.82) is 0 Å². The van der Waals surface area contributed by atoms with Crippen molar-refractivity contribution in [2.75, 3.05) is 13.2 Å². The lowest BCUT2D eigenvalue weighted by Crippen LogP contribution is -2.03. The zero-order valence-corrected chi connectivity index (χ0v) is 28.6. The molecule has 4 rings (SSSR count). The Kier molecular flexibility index (Phi) is 15.7. The zero-order valence-electron chi connectivity index (χ0n) is 28.6. The van der Waals surface area contributed by atoms with Crippen LogP contribution in [0, 0.1) is 0 Å². The van der Waals surface area contributed by atoms with E-state index in [4.69, 9.17) is 9.47 Å². The van der Waals surface area contributed by atoms with Gasteiger partial charge in [0.1, 0.15) is 11.5 Å². The number of unbranched alkanes of at least 4 members (excludes halogenated alkanes) is 14. The van der Waals surface area contributed by atoms with E-state index in [0.717, 1.165) is 68.1 Å². The second kappa shape index (κ2) is 20.2. The van der Waals surface area contributed by atoms with Gasteiger partial charge in [0, 0.05) is 11.1 Å². The SMILES string of the molecule is CCCCCCCCCCOc1ccc2cc(CO)ccc2c1-c1c(OCCCCCCCCCC)ccc2cc(CO)ccc12. The van der Waals surface area contributed by atoms with Crippen molar-refractivity contribution in [2.45, 2.75) is 130 Å². The topological polar surface area (TPSA) is 58.9 Å². The molecular formula is C42H58O4. The molecule has 250 valence electrons. The van der Waals surface area contributed by atoms with E-state index >= 15 is 0 Å². The summed E-state index contributed by atoms with van der Waals surface area (Å²) in [6.07, 6.45) is 20.2. The van der Waals surface area contributed by atoms with Gasteiger partial charge in [-0.25, -0.2) is 0 Å². The summed E-state index contributed by atoms with van der Waals surface area (Å²) >= 11 is 0. The van der Waals surface area contributed by atoms with E-state index in [1.807, 2.05) is 12.1 Å². The fourth-order valence-corrected chi connectivity index (χ4v) is 6.51. The van der Waals surface area contributed by atoms with Crippen molar-refractivity contribution in [3.8, 4) is 22.6 Å². The summed E-state index contributed by atoms with van der Waals surface area (Å²) < 4.78 is 13.2. The van der Waals surface area contributed by atoms with Crippen LogP contribution >= 0.6 is 0 Å². The number of hydrogen-bond donors (Lipinski definition) is 2. The lowest BCUT2D eigenvalue weighted by atomic mass is 9.91. The molecule has 0 aliphatic rings. The predicted octanol–water partition coefficient (Wildman–Crippen LogP) is 11.7. The largest absolute Gasteiger partial charge is 0.493 e. The van der Waals surface area contributed by atoms with Gasteiger partial charge in [0.25, 0.3) is 0 Å². The van der Waals surface area contributed by atoms with E-state index in [0.29, 0.717) is 13.2 Å². The van der Waals surface area contributed by atoms with Gasteiger partial charge in [0.2, 0.25) is 0 Å². The molecule has 4 aromatic carbocycles. The van der Waals surface area contributed by atoms with Crippen molar-refractivity contribution < 1.29 is 19.7 Å². The van der Waals surface area contributed by atoms with Crippen LogP contribution in [-0.4, -0.2) is 23.4 Å². The first kappa shape index (κ1) is 35.8. The van der Waals surface area contributed by atoms with Crippen LogP contribution in [0.5, 0.6) is 11.5 Å². The first-order valence-corrected chi connectivity index (χ1v) is 18.3. The Morgan fingerprint density at radius 2 is 0.804 bits per heavy atom. The maximum Gasteiger partial charge on any atom is 0.127 e. The molecule has 4 heteroatoms. The molecule has 0 bridgehead atoms. The van der Waals surface area contributed by atoms with Crippen LogP contribution in [-0.2, 0) is 13.2 Å². The molecule has 0 atom stereocenters. The lowest BCUT2D eigenvalue weighted by Gasteiger charge is -2.20. The molecule has 46 heavy (non-hydrogen) atoms. The van der Waals surface area contributed by atoms with Crippen molar-refractivity contribution >= 4 is 21.5 Å². The number of hydrogen-bond acceptors (Lipinski definition) is 4. The minimum absolute atomic E-state index is 0.00708. The van der Waals surface area contributed by atoms with Crippen LogP contribution in [0.2, 0.25) is 0 Å². The third-order valence-corrected chi connectivity index (χ3v) is 9.22. The Bertz CT molecular complexity index is 1350. The maximum atomic E-state index is 9.87. The summed E-state index contributed by atoms with van der Waals surface area (Å²) in [5, 5.41) is 24.0. The van der Waals surface area contributed by atoms with Crippen molar-refractivity contribution in [2.24, 2.45) is 0 Å². The zero-order chi connectivity index (χ0) is 32.4. The molecule has 0 heterocycles. The van der Waals surface area contributed by atoms with Gasteiger partial charge in [-0.1, -0.05) is 140 Å². The van der Waals surface area contributed by atoms with Gasteiger partial charge in [-0.2, -0.15) is 0 Å². The first-order valence-electron chi connectivity index (χ1n) is 18.3. The summed E-state index contributed by atoms with van der Waals surface area (Å²) in [4.78, 5) is 0. The molecule has 0 unspecified atom stereocenters. The summed E-state index contributed by atoms with van der Waals surface area (Å²) in [5.41, 5.74) is 3.86. The molecule has 0 aromatic heterocycles. The second-order valence-corrected chi connectivity index (χ2v) is 13.0. The van der Waals surface area contributed by atoms with E-state index in [-0.39, 0.29) is 13.2 Å². The number of aliphatic hydroxyl groups excluding tert-OH is 2. The van der Waals surface area contributed by atoms with Gasteiger partial charge in [0.15, 0.2) is 0 Å². The highest BCUT2D eigenvalue weighted by molar-refractivity contribution is 6.10. The van der Waals surface area contributed by atoms with E-state index in [9.17, 15) is 10.2 Å². The number of ether oxygens (including phenoxy) is 2. The minimum Gasteiger partial charge on any atom is -0.493 e. The van der Waals surface area contributed by atoms with Crippen LogP contribution in [0.4, 0.5) is 0 Å². The molecule has 4 nitrogen and oxygen atoms in total. The summed E-state index contributed by atoms with van der Waals surface area (Å²) in [5.74, 6) is 1.73. The number of aliphatic hydroxyl groups is 2. The predicted molar refractivity (Wildman–Crippen MR) is 195 cm³/mol. The molecule has 0 saturated carbocycles. The van der Waals surface area contributed by atoms with E-state index in [2.05, 4.69) is 62.4 Å². The maximum absolute atomic E-state index is 9.87. The highest BCUT2D eigenvalue weighted by Gasteiger charge is 2.20. The van der Waals surface area contributed by atoms with Gasteiger partial charge >= 0.3 is 0 Å². The molecule has 0 fully saturated rings. The normalized spacial score (nSPS) is 11.5. The molecule has 0 aliphatic carbocycles. The summed E-state index contributed by atoms with van der Waals surface area (Å²) in [6, 6.07) is 20.8. The summed E-state index contributed by atoms with van der Waals surface area (Å²) in [6.45, 7) is 5.90. The standard InChI is InChI=1S/C42H58O4/c1-3-5-7-9-11-13-15-17-27-45-39-25-21-35-29-33(31-43)19-23-37(35)41(39)42-38-24-20-34(32-44)30-36(38)22-26-40(42)46-28-18-16-14-12-10-8-6-4-2/h19-26,29-30,43-44H,3-18,27-28,31-32H2,1-2H3. The molecule has 0 amide bonds. The smallest absolute Gasteiger partial charge is 0.127 e. The van der Waals surface area contributed by atoms with Gasteiger partial charge < -0.3 is 19.7 Å². The van der Waals surface area contributed by atoms with Crippen molar-refractivity contribution in [1.82, 2.24) is 0 Å². The molecule has 4 aromatic rings.